The van der Waals surface area contributed by atoms with E-state index in [9.17, 15) is 22.8 Å². The van der Waals surface area contributed by atoms with Gasteiger partial charge in [-0.3, -0.25) is 9.59 Å². The van der Waals surface area contributed by atoms with Gasteiger partial charge in [-0.05, 0) is 37.5 Å². The van der Waals surface area contributed by atoms with Gasteiger partial charge < -0.3 is 9.80 Å². The van der Waals surface area contributed by atoms with Crippen LogP contribution in [0.3, 0.4) is 0 Å². The van der Waals surface area contributed by atoms with Crippen molar-refractivity contribution in [1.82, 2.24) is 9.80 Å². The molecule has 0 aliphatic carbocycles. The summed E-state index contributed by atoms with van der Waals surface area (Å²) in [4.78, 5) is 27.6. The minimum absolute atomic E-state index is 0.0232. The molecule has 1 unspecified atom stereocenters. The summed E-state index contributed by atoms with van der Waals surface area (Å²) >= 11 is 0. The first-order valence-corrected chi connectivity index (χ1v) is 8.34. The topological polar surface area (TPSA) is 40.6 Å². The monoisotopic (exact) mass is 354 g/mol. The first-order chi connectivity index (χ1) is 11.6. The molecule has 25 heavy (non-hydrogen) atoms. The predicted molar refractivity (Wildman–Crippen MR) is 86.0 cm³/mol. The molecular formula is C18H21F3N2O2. The molecule has 2 fully saturated rings. The van der Waals surface area contributed by atoms with Crippen LogP contribution in [0.15, 0.2) is 18.2 Å². The van der Waals surface area contributed by atoms with Crippen LogP contribution in [0.25, 0.3) is 0 Å². The van der Waals surface area contributed by atoms with E-state index in [2.05, 4.69) is 0 Å². The third-order valence-corrected chi connectivity index (χ3v) is 5.40. The minimum atomic E-state index is -4.47. The molecule has 0 radical (unpaired) electrons. The molecule has 136 valence electrons. The Balaban J connectivity index is 1.76. The first-order valence-electron chi connectivity index (χ1n) is 8.34. The number of rotatable bonds is 1. The molecule has 7 heteroatoms. The van der Waals surface area contributed by atoms with E-state index in [0.29, 0.717) is 26.2 Å². The van der Waals surface area contributed by atoms with E-state index < -0.39 is 11.7 Å². The van der Waals surface area contributed by atoms with Gasteiger partial charge in [-0.2, -0.15) is 13.2 Å². The zero-order valence-corrected chi connectivity index (χ0v) is 14.3. The Kier molecular flexibility index (Phi) is 4.29. The predicted octanol–water partition coefficient (Wildman–Crippen LogP) is 3.10. The van der Waals surface area contributed by atoms with E-state index in [1.807, 2.05) is 0 Å². The summed E-state index contributed by atoms with van der Waals surface area (Å²) in [7, 11) is 0. The smallest absolute Gasteiger partial charge is 0.342 e. The second-order valence-corrected chi connectivity index (χ2v) is 7.19. The van der Waals surface area contributed by atoms with E-state index in [-0.39, 0.29) is 28.4 Å². The normalized spacial score (nSPS) is 23.6. The van der Waals surface area contributed by atoms with Crippen molar-refractivity contribution in [3.05, 3.63) is 34.9 Å². The number of halogens is 3. The molecule has 2 aliphatic heterocycles. The summed E-state index contributed by atoms with van der Waals surface area (Å²) in [6.07, 6.45) is -2.86. The number of likely N-dealkylation sites (tertiary alicyclic amines) is 2. The quantitative estimate of drug-likeness (QED) is 0.778. The van der Waals surface area contributed by atoms with Crippen LogP contribution in [0.5, 0.6) is 0 Å². The highest BCUT2D eigenvalue weighted by atomic mass is 19.4. The van der Waals surface area contributed by atoms with Gasteiger partial charge in [0.05, 0.1) is 5.56 Å². The second-order valence-electron chi connectivity index (χ2n) is 7.19. The lowest BCUT2D eigenvalue weighted by molar-refractivity contribution is -0.138. The highest BCUT2D eigenvalue weighted by Crippen LogP contribution is 2.40. The Hall–Kier alpha value is -2.05. The van der Waals surface area contributed by atoms with Crippen molar-refractivity contribution < 1.29 is 22.8 Å². The maximum Gasteiger partial charge on any atom is 0.416 e. The highest BCUT2D eigenvalue weighted by molar-refractivity contribution is 5.94. The lowest BCUT2D eigenvalue weighted by Gasteiger charge is -2.24. The van der Waals surface area contributed by atoms with Gasteiger partial charge in [0.15, 0.2) is 0 Å². The van der Waals surface area contributed by atoms with E-state index in [4.69, 9.17) is 0 Å². The molecule has 2 saturated heterocycles. The summed E-state index contributed by atoms with van der Waals surface area (Å²) < 4.78 is 39.2. The van der Waals surface area contributed by atoms with Crippen molar-refractivity contribution in [3.8, 4) is 0 Å². The third kappa shape index (κ3) is 3.37. The van der Waals surface area contributed by atoms with Crippen molar-refractivity contribution in [1.29, 1.82) is 0 Å². The number of carbonyl (C=O) groups excluding carboxylic acids is 2. The number of benzene rings is 1. The van der Waals surface area contributed by atoms with E-state index in [0.717, 1.165) is 18.9 Å². The number of nitrogens with zero attached hydrogens (tertiary/aromatic N) is 2. The van der Waals surface area contributed by atoms with Gasteiger partial charge in [-0.25, -0.2) is 0 Å². The number of hydrogen-bond donors (Lipinski definition) is 0. The van der Waals surface area contributed by atoms with Crippen molar-refractivity contribution in [2.45, 2.75) is 32.9 Å². The van der Waals surface area contributed by atoms with Crippen LogP contribution in [-0.2, 0) is 11.0 Å². The molecule has 1 atom stereocenters. The van der Waals surface area contributed by atoms with Crippen molar-refractivity contribution >= 4 is 11.8 Å². The molecule has 0 saturated carbocycles. The molecule has 0 aromatic heterocycles. The molecule has 1 aromatic carbocycles. The fourth-order valence-electron chi connectivity index (χ4n) is 3.89. The summed E-state index contributed by atoms with van der Waals surface area (Å²) in [6, 6.07) is 3.74. The molecule has 2 amide bonds. The van der Waals surface area contributed by atoms with E-state index >= 15 is 0 Å². The van der Waals surface area contributed by atoms with Crippen LogP contribution in [0.2, 0.25) is 0 Å². The van der Waals surface area contributed by atoms with Crippen LogP contribution in [0.4, 0.5) is 13.2 Å². The zero-order valence-electron chi connectivity index (χ0n) is 14.3. The van der Waals surface area contributed by atoms with E-state index in [1.54, 1.807) is 9.80 Å². The summed E-state index contributed by atoms with van der Waals surface area (Å²) in [5.41, 5.74) is -0.707. The summed E-state index contributed by atoms with van der Waals surface area (Å²) in [5.74, 6) is -0.348. The zero-order chi connectivity index (χ0) is 18.4. The molecule has 4 nitrogen and oxygen atoms in total. The highest BCUT2D eigenvalue weighted by Gasteiger charge is 2.45. The van der Waals surface area contributed by atoms with Gasteiger partial charge in [0.1, 0.15) is 0 Å². The van der Waals surface area contributed by atoms with Gasteiger partial charge in [-0.1, -0.05) is 6.07 Å². The van der Waals surface area contributed by atoms with Crippen LogP contribution < -0.4 is 0 Å². The molecule has 1 spiro atoms. The molecule has 2 aliphatic rings. The van der Waals surface area contributed by atoms with Gasteiger partial charge in [0, 0.05) is 44.1 Å². The maximum absolute atomic E-state index is 13.1. The number of carbonyl (C=O) groups is 2. The SMILES string of the molecule is CC(=O)N1CCC2(CCN(C(=O)c3ccc(C)c(C(F)(F)F)c3)C2)C1. The Labute approximate surface area is 144 Å². The summed E-state index contributed by atoms with van der Waals surface area (Å²) in [5, 5.41) is 0. The van der Waals surface area contributed by atoms with Gasteiger partial charge >= 0.3 is 6.18 Å². The van der Waals surface area contributed by atoms with Crippen LogP contribution >= 0.6 is 0 Å². The minimum Gasteiger partial charge on any atom is -0.342 e. The first kappa shape index (κ1) is 17.8. The van der Waals surface area contributed by atoms with Gasteiger partial charge in [0.25, 0.3) is 5.91 Å². The fourth-order valence-corrected chi connectivity index (χ4v) is 3.89. The molecular weight excluding hydrogens is 333 g/mol. The summed E-state index contributed by atoms with van der Waals surface area (Å²) in [6.45, 7) is 5.22. The lowest BCUT2D eigenvalue weighted by atomic mass is 9.86. The third-order valence-electron chi connectivity index (χ3n) is 5.40. The Morgan fingerprint density at radius 3 is 2.24 bits per heavy atom. The molecule has 0 bridgehead atoms. The Morgan fingerprint density at radius 2 is 1.68 bits per heavy atom. The van der Waals surface area contributed by atoms with Crippen LogP contribution in [-0.4, -0.2) is 47.8 Å². The Morgan fingerprint density at radius 1 is 1.08 bits per heavy atom. The van der Waals surface area contributed by atoms with Gasteiger partial charge in [0.2, 0.25) is 5.91 Å². The number of aryl methyl sites for hydroxylation is 1. The standard InChI is InChI=1S/C18H21F3N2O2/c1-12-3-4-14(9-15(12)18(19,20)21)16(25)23-8-6-17(11-23)5-7-22(10-17)13(2)24/h3-4,9H,5-8,10-11H2,1-2H3. The largest absolute Gasteiger partial charge is 0.416 e. The second kappa shape index (κ2) is 6.04. The molecule has 1 aromatic rings. The number of hydrogen-bond acceptors (Lipinski definition) is 2. The Bertz CT molecular complexity index is 717. The molecule has 2 heterocycles. The van der Waals surface area contributed by atoms with Crippen molar-refractivity contribution in [2.24, 2.45) is 5.41 Å². The molecule has 3 rings (SSSR count). The van der Waals surface area contributed by atoms with Gasteiger partial charge in [-0.15, -0.1) is 0 Å². The van der Waals surface area contributed by atoms with Crippen molar-refractivity contribution in [3.63, 3.8) is 0 Å². The van der Waals surface area contributed by atoms with Crippen LogP contribution in [0, 0.1) is 12.3 Å². The number of alkyl halides is 3. The number of amides is 2. The van der Waals surface area contributed by atoms with Crippen LogP contribution in [0.1, 0.15) is 41.3 Å². The van der Waals surface area contributed by atoms with E-state index in [1.165, 1.54) is 26.0 Å². The average molecular weight is 354 g/mol. The average Bonchev–Trinajstić information content (AvgIpc) is 3.14. The fraction of sp³-hybridized carbons (Fsp3) is 0.556. The molecule has 0 N–H and O–H groups in total. The maximum atomic E-state index is 13.1. The lowest BCUT2D eigenvalue weighted by Crippen LogP contribution is -2.35. The van der Waals surface area contributed by atoms with Crippen molar-refractivity contribution in [2.75, 3.05) is 26.2 Å².